The number of carbonyl (C=O) groups excluding carboxylic acids is 1. The van der Waals surface area contributed by atoms with Crippen LogP contribution < -0.4 is 11.1 Å². The van der Waals surface area contributed by atoms with E-state index in [0.717, 1.165) is 0 Å². The molecule has 0 radical (unpaired) electrons. The number of alkyl halides is 3. The number of nitrogens with one attached hydrogen (secondary N) is 1. The van der Waals surface area contributed by atoms with E-state index in [1.165, 1.54) is 18.2 Å². The number of anilines is 1. The molecule has 3 nitrogen and oxygen atoms in total. The van der Waals surface area contributed by atoms with Crippen molar-refractivity contribution in [2.45, 2.75) is 24.6 Å². The van der Waals surface area contributed by atoms with Gasteiger partial charge in [-0.2, -0.15) is 13.2 Å². The Kier molecular flexibility index (Phi) is 3.04. The number of rotatable bonds is 2. The van der Waals surface area contributed by atoms with Gasteiger partial charge in [0.05, 0.1) is 0 Å². The van der Waals surface area contributed by atoms with Gasteiger partial charge in [0.1, 0.15) is 5.54 Å². The third-order valence-electron chi connectivity index (χ3n) is 2.91. The first-order valence-corrected chi connectivity index (χ1v) is 5.99. The maximum atomic E-state index is 12.7. The van der Waals surface area contributed by atoms with Crippen LogP contribution in [0.1, 0.15) is 23.2 Å². The van der Waals surface area contributed by atoms with Crippen molar-refractivity contribution >= 4 is 27.5 Å². The molecule has 0 spiro atoms. The third-order valence-corrected chi connectivity index (χ3v) is 3.59. The lowest BCUT2D eigenvalue weighted by molar-refractivity contribution is -0.163. The molecule has 1 fully saturated rings. The van der Waals surface area contributed by atoms with E-state index in [0.29, 0.717) is 10.2 Å². The van der Waals surface area contributed by atoms with E-state index in [1.54, 1.807) is 0 Å². The summed E-state index contributed by atoms with van der Waals surface area (Å²) >= 11 is 3.12. The van der Waals surface area contributed by atoms with Gasteiger partial charge in [-0.1, -0.05) is 0 Å². The molecule has 3 N–H and O–H groups in total. The van der Waals surface area contributed by atoms with Gasteiger partial charge in [-0.3, -0.25) is 4.79 Å². The Morgan fingerprint density at radius 1 is 1.39 bits per heavy atom. The second-order valence-electron chi connectivity index (χ2n) is 4.27. The van der Waals surface area contributed by atoms with Crippen LogP contribution in [0.15, 0.2) is 22.7 Å². The van der Waals surface area contributed by atoms with Gasteiger partial charge in [0, 0.05) is 15.7 Å². The summed E-state index contributed by atoms with van der Waals surface area (Å²) in [5, 5.41) is 2.04. The SMILES string of the molecule is Nc1ccc(C(=O)NC2(C(F)(F)F)CC2)cc1Br. The number of amides is 1. The number of hydrogen-bond acceptors (Lipinski definition) is 2. The quantitative estimate of drug-likeness (QED) is 0.823. The Morgan fingerprint density at radius 3 is 2.44 bits per heavy atom. The minimum absolute atomic E-state index is 0.0710. The highest BCUT2D eigenvalue weighted by atomic mass is 79.9. The van der Waals surface area contributed by atoms with E-state index in [-0.39, 0.29) is 18.4 Å². The van der Waals surface area contributed by atoms with Crippen LogP contribution in [-0.2, 0) is 0 Å². The Labute approximate surface area is 110 Å². The molecule has 0 aromatic heterocycles. The van der Waals surface area contributed by atoms with E-state index < -0.39 is 17.6 Å². The molecular weight excluding hydrogens is 313 g/mol. The average Bonchev–Trinajstić information content (AvgIpc) is 3.02. The molecule has 0 atom stereocenters. The summed E-state index contributed by atoms with van der Waals surface area (Å²) in [7, 11) is 0. The van der Waals surface area contributed by atoms with Gasteiger partial charge >= 0.3 is 6.18 Å². The predicted octanol–water partition coefficient (Wildman–Crippen LogP) is 2.86. The van der Waals surface area contributed by atoms with Gasteiger partial charge in [0.2, 0.25) is 0 Å². The molecule has 0 bridgehead atoms. The highest BCUT2D eigenvalue weighted by Gasteiger charge is 2.64. The fourth-order valence-corrected chi connectivity index (χ4v) is 1.94. The van der Waals surface area contributed by atoms with E-state index in [9.17, 15) is 18.0 Å². The first kappa shape index (κ1) is 13.2. The number of nitrogen functional groups attached to an aromatic ring is 1. The summed E-state index contributed by atoms with van der Waals surface area (Å²) in [4.78, 5) is 11.7. The summed E-state index contributed by atoms with van der Waals surface area (Å²) in [6, 6.07) is 4.26. The highest BCUT2D eigenvalue weighted by Crippen LogP contribution is 2.49. The second-order valence-corrected chi connectivity index (χ2v) is 5.12. The number of benzene rings is 1. The van der Waals surface area contributed by atoms with Crippen molar-refractivity contribution in [2.75, 3.05) is 5.73 Å². The second kappa shape index (κ2) is 4.15. The fraction of sp³-hybridized carbons (Fsp3) is 0.364. The number of hydrogen-bond donors (Lipinski definition) is 2. The average molecular weight is 323 g/mol. The Balaban J connectivity index is 2.16. The van der Waals surface area contributed by atoms with Gasteiger partial charge in [-0.25, -0.2) is 0 Å². The topological polar surface area (TPSA) is 55.1 Å². The number of nitrogens with two attached hydrogens (primary N) is 1. The Bertz CT molecular complexity index is 498. The van der Waals surface area contributed by atoms with Gasteiger partial charge in [-0.15, -0.1) is 0 Å². The van der Waals surface area contributed by atoms with Crippen LogP contribution >= 0.6 is 15.9 Å². The van der Waals surface area contributed by atoms with Gasteiger partial charge in [0.25, 0.3) is 5.91 Å². The molecule has 7 heteroatoms. The summed E-state index contributed by atoms with van der Waals surface area (Å²) in [5.74, 6) is -0.745. The zero-order chi connectivity index (χ0) is 13.6. The van der Waals surface area contributed by atoms with Crippen molar-refractivity contribution in [3.8, 4) is 0 Å². The van der Waals surface area contributed by atoms with Gasteiger partial charge in [-0.05, 0) is 47.0 Å². The van der Waals surface area contributed by atoms with Crippen LogP contribution in [0.2, 0.25) is 0 Å². The molecular formula is C11H10BrF3N2O. The number of halogens is 4. The zero-order valence-electron chi connectivity index (χ0n) is 9.14. The molecule has 0 aliphatic heterocycles. The molecule has 1 aliphatic carbocycles. The van der Waals surface area contributed by atoms with Crippen molar-refractivity contribution in [1.82, 2.24) is 5.32 Å². The van der Waals surface area contributed by atoms with Crippen LogP contribution in [-0.4, -0.2) is 17.6 Å². The Morgan fingerprint density at radius 2 is 2.00 bits per heavy atom. The molecule has 1 aromatic carbocycles. The molecule has 1 saturated carbocycles. The molecule has 98 valence electrons. The van der Waals surface area contributed by atoms with Crippen LogP contribution in [0.5, 0.6) is 0 Å². The largest absolute Gasteiger partial charge is 0.411 e. The van der Waals surface area contributed by atoms with E-state index in [4.69, 9.17) is 5.73 Å². The normalized spacial score (nSPS) is 17.3. The van der Waals surface area contributed by atoms with Crippen molar-refractivity contribution in [1.29, 1.82) is 0 Å². The van der Waals surface area contributed by atoms with Crippen LogP contribution in [0.4, 0.5) is 18.9 Å². The summed E-state index contributed by atoms with van der Waals surface area (Å²) < 4.78 is 38.5. The lowest BCUT2D eigenvalue weighted by Gasteiger charge is -2.20. The van der Waals surface area contributed by atoms with Crippen LogP contribution in [0, 0.1) is 0 Å². The molecule has 2 rings (SSSR count). The first-order valence-electron chi connectivity index (χ1n) is 5.19. The van der Waals surface area contributed by atoms with E-state index in [1.807, 2.05) is 5.32 Å². The summed E-state index contributed by atoms with van der Waals surface area (Å²) in [5.41, 5.74) is 4.06. The van der Waals surface area contributed by atoms with Crippen molar-refractivity contribution in [3.05, 3.63) is 28.2 Å². The highest BCUT2D eigenvalue weighted by molar-refractivity contribution is 9.10. The standard InChI is InChI=1S/C11H10BrF3N2O/c12-7-5-6(1-2-8(7)16)9(18)17-10(3-4-10)11(13,14)15/h1-2,5H,3-4,16H2,(H,17,18). The minimum Gasteiger partial charge on any atom is -0.398 e. The molecule has 0 saturated heterocycles. The third kappa shape index (κ3) is 2.31. The fourth-order valence-electron chi connectivity index (χ4n) is 1.56. The monoisotopic (exact) mass is 322 g/mol. The van der Waals surface area contributed by atoms with Gasteiger partial charge < -0.3 is 11.1 Å². The van der Waals surface area contributed by atoms with Crippen molar-refractivity contribution in [3.63, 3.8) is 0 Å². The van der Waals surface area contributed by atoms with Crippen molar-refractivity contribution < 1.29 is 18.0 Å². The Hall–Kier alpha value is -1.24. The van der Waals surface area contributed by atoms with Gasteiger partial charge in [0.15, 0.2) is 0 Å². The molecule has 18 heavy (non-hydrogen) atoms. The molecule has 1 amide bonds. The molecule has 1 aliphatic rings. The van der Waals surface area contributed by atoms with Crippen LogP contribution in [0.25, 0.3) is 0 Å². The smallest absolute Gasteiger partial charge is 0.398 e. The van der Waals surface area contributed by atoms with E-state index in [2.05, 4.69) is 15.9 Å². The molecule has 0 unspecified atom stereocenters. The zero-order valence-corrected chi connectivity index (χ0v) is 10.7. The lowest BCUT2D eigenvalue weighted by Crippen LogP contribution is -2.47. The predicted molar refractivity (Wildman–Crippen MR) is 64.0 cm³/mol. The maximum absolute atomic E-state index is 12.7. The van der Waals surface area contributed by atoms with Crippen LogP contribution in [0.3, 0.4) is 0 Å². The minimum atomic E-state index is -4.41. The van der Waals surface area contributed by atoms with Crippen molar-refractivity contribution in [2.24, 2.45) is 0 Å². The summed E-state index contributed by atoms with van der Waals surface area (Å²) in [6.45, 7) is 0. The molecule has 1 aromatic rings. The maximum Gasteiger partial charge on any atom is 0.411 e. The first-order chi connectivity index (χ1) is 8.25. The summed E-state index contributed by atoms with van der Waals surface area (Å²) in [6.07, 6.45) is -4.55. The van der Waals surface area contributed by atoms with E-state index >= 15 is 0 Å². The molecule has 0 heterocycles. The lowest BCUT2D eigenvalue weighted by atomic mass is 10.1. The number of carbonyl (C=O) groups is 1.